The molecule has 3 atom stereocenters. The molecule has 0 spiro atoms. The van der Waals surface area contributed by atoms with Gasteiger partial charge in [0.05, 0.1) is 11.8 Å². The number of carbonyl (C=O) groups is 1. The predicted molar refractivity (Wildman–Crippen MR) is 113 cm³/mol. The molecular formula is C21H24F2N2O3S2. The van der Waals surface area contributed by atoms with Gasteiger partial charge in [0.15, 0.2) is 0 Å². The number of nitrogens with one attached hydrogen (secondary N) is 1. The molecule has 4 rings (SSSR count). The highest BCUT2D eigenvalue weighted by Crippen LogP contribution is 2.53. The van der Waals surface area contributed by atoms with Gasteiger partial charge in [-0.05, 0) is 42.8 Å². The molecule has 0 radical (unpaired) electrons. The minimum Gasteiger partial charge on any atom is -0.341 e. The van der Waals surface area contributed by atoms with Crippen molar-refractivity contribution in [3.63, 3.8) is 0 Å². The van der Waals surface area contributed by atoms with E-state index >= 15 is 0 Å². The monoisotopic (exact) mass is 454 g/mol. The molecule has 162 valence electrons. The number of carbonyl (C=O) groups excluding carboxylic acids is 1. The van der Waals surface area contributed by atoms with Crippen molar-refractivity contribution < 1.29 is 22.0 Å². The van der Waals surface area contributed by atoms with E-state index in [1.165, 1.54) is 29.5 Å². The number of hydrogen-bond acceptors (Lipinski definition) is 4. The fourth-order valence-corrected chi connectivity index (χ4v) is 6.18. The fraction of sp³-hybridized carbons (Fsp3) is 0.476. The Bertz CT molecular complexity index is 1030. The molecule has 1 aromatic carbocycles. The first kappa shape index (κ1) is 21.4. The van der Waals surface area contributed by atoms with Gasteiger partial charge in [0.1, 0.15) is 11.6 Å². The van der Waals surface area contributed by atoms with E-state index in [4.69, 9.17) is 0 Å². The van der Waals surface area contributed by atoms with E-state index in [2.05, 4.69) is 4.72 Å². The van der Waals surface area contributed by atoms with Crippen LogP contribution in [0.3, 0.4) is 0 Å². The summed E-state index contributed by atoms with van der Waals surface area (Å²) < 4.78 is 54.4. The first-order valence-corrected chi connectivity index (χ1v) is 12.8. The van der Waals surface area contributed by atoms with Crippen LogP contribution in [-0.2, 0) is 14.8 Å². The van der Waals surface area contributed by atoms with Crippen LogP contribution < -0.4 is 4.72 Å². The number of nitrogens with zero attached hydrogens (tertiary/aromatic N) is 1. The Morgan fingerprint density at radius 3 is 2.63 bits per heavy atom. The van der Waals surface area contributed by atoms with Crippen LogP contribution in [0.2, 0.25) is 0 Å². The maximum absolute atomic E-state index is 14.3. The van der Waals surface area contributed by atoms with Crippen molar-refractivity contribution in [3.05, 3.63) is 46.2 Å². The van der Waals surface area contributed by atoms with E-state index in [0.717, 1.165) is 24.0 Å². The van der Waals surface area contributed by atoms with Crippen molar-refractivity contribution in [3.8, 4) is 11.1 Å². The van der Waals surface area contributed by atoms with Crippen LogP contribution in [0.4, 0.5) is 8.78 Å². The summed E-state index contributed by atoms with van der Waals surface area (Å²) in [5.41, 5.74) is 0.474. The smallest absolute Gasteiger partial charge is 0.226 e. The zero-order valence-electron chi connectivity index (χ0n) is 16.6. The number of likely N-dealkylation sites (tertiary alicyclic amines) is 1. The summed E-state index contributed by atoms with van der Waals surface area (Å²) in [4.78, 5) is 15.7. The van der Waals surface area contributed by atoms with Crippen LogP contribution >= 0.6 is 11.3 Å². The summed E-state index contributed by atoms with van der Waals surface area (Å²) in [5.74, 6) is -1.51. The van der Waals surface area contributed by atoms with Crippen LogP contribution in [0.1, 0.15) is 36.5 Å². The Kier molecular flexibility index (Phi) is 5.96. The van der Waals surface area contributed by atoms with E-state index in [1.54, 1.807) is 16.3 Å². The maximum Gasteiger partial charge on any atom is 0.226 e. The molecule has 5 nitrogen and oxygen atoms in total. The van der Waals surface area contributed by atoms with Crippen LogP contribution in [0, 0.1) is 17.6 Å². The standard InChI is InChI=1S/C21H24F2N2O3S2/c1-30(27,28)24-13-5-2-3-9-25(12-13)21(26)16-11-15(16)20-14(8-10-29-20)19-17(22)6-4-7-18(19)23/h4,6-8,10,13,15-16,24H,2-3,5,9,11-12H2,1H3. The average molecular weight is 455 g/mol. The van der Waals surface area contributed by atoms with Gasteiger partial charge in [0, 0.05) is 41.4 Å². The molecular weight excluding hydrogens is 430 g/mol. The predicted octanol–water partition coefficient (Wildman–Crippen LogP) is 3.73. The lowest BCUT2D eigenvalue weighted by Gasteiger charge is -2.25. The second-order valence-corrected chi connectivity index (χ2v) is 10.8. The maximum atomic E-state index is 14.3. The summed E-state index contributed by atoms with van der Waals surface area (Å²) in [6.45, 7) is 0.956. The average Bonchev–Trinajstić information content (AvgIpc) is 3.37. The summed E-state index contributed by atoms with van der Waals surface area (Å²) in [6, 6.07) is 5.24. The van der Waals surface area contributed by atoms with Crippen LogP contribution in [-0.4, -0.2) is 44.6 Å². The van der Waals surface area contributed by atoms with Gasteiger partial charge in [-0.3, -0.25) is 4.79 Å². The summed E-state index contributed by atoms with van der Waals surface area (Å²) >= 11 is 1.42. The normalized spacial score (nSPS) is 24.5. The highest BCUT2D eigenvalue weighted by Gasteiger charge is 2.48. The van der Waals surface area contributed by atoms with Crippen molar-refractivity contribution in [2.45, 2.75) is 37.6 Å². The molecule has 1 saturated heterocycles. The second-order valence-electron chi connectivity index (χ2n) is 8.11. The highest BCUT2D eigenvalue weighted by atomic mass is 32.2. The molecule has 2 fully saturated rings. The molecule has 30 heavy (non-hydrogen) atoms. The fourth-order valence-electron chi connectivity index (χ4n) is 4.30. The first-order chi connectivity index (χ1) is 14.2. The lowest BCUT2D eigenvalue weighted by molar-refractivity contribution is -0.132. The molecule has 1 aromatic heterocycles. The molecule has 3 unspecified atom stereocenters. The van der Waals surface area contributed by atoms with E-state index in [1.807, 2.05) is 0 Å². The number of thiophene rings is 1. The second kappa shape index (κ2) is 8.36. The Morgan fingerprint density at radius 1 is 1.20 bits per heavy atom. The molecule has 1 aliphatic heterocycles. The van der Waals surface area contributed by atoms with Gasteiger partial charge in [0.2, 0.25) is 15.9 Å². The molecule has 1 amide bonds. The van der Waals surface area contributed by atoms with Crippen molar-refractivity contribution in [1.82, 2.24) is 9.62 Å². The quantitative estimate of drug-likeness (QED) is 0.749. The van der Waals surface area contributed by atoms with Gasteiger partial charge < -0.3 is 4.90 Å². The highest BCUT2D eigenvalue weighted by molar-refractivity contribution is 7.88. The molecule has 1 aliphatic carbocycles. The minimum absolute atomic E-state index is 0.00411. The lowest BCUT2D eigenvalue weighted by Crippen LogP contribution is -2.44. The zero-order valence-corrected chi connectivity index (χ0v) is 18.2. The Hall–Kier alpha value is -1.84. The third-order valence-corrected chi connectivity index (χ3v) is 7.55. The van der Waals surface area contributed by atoms with Gasteiger partial charge in [-0.25, -0.2) is 21.9 Å². The minimum atomic E-state index is -3.34. The third kappa shape index (κ3) is 4.58. The molecule has 1 saturated carbocycles. The zero-order chi connectivity index (χ0) is 21.5. The van der Waals surface area contributed by atoms with Gasteiger partial charge in [-0.1, -0.05) is 12.5 Å². The SMILES string of the molecule is CS(=O)(=O)NC1CCCCN(C(=O)C2CC2c2sccc2-c2c(F)cccc2F)C1. The first-order valence-electron chi connectivity index (χ1n) is 10.0. The van der Waals surface area contributed by atoms with E-state index in [0.29, 0.717) is 31.5 Å². The molecule has 2 aromatic rings. The van der Waals surface area contributed by atoms with Gasteiger partial charge in [-0.15, -0.1) is 11.3 Å². The van der Waals surface area contributed by atoms with Crippen molar-refractivity contribution in [2.24, 2.45) is 5.92 Å². The molecule has 2 heterocycles. The molecule has 0 bridgehead atoms. The van der Waals surface area contributed by atoms with Crippen LogP contribution in [0.15, 0.2) is 29.6 Å². The number of rotatable bonds is 5. The number of amides is 1. The van der Waals surface area contributed by atoms with Gasteiger partial charge >= 0.3 is 0 Å². The summed E-state index contributed by atoms with van der Waals surface area (Å²) in [5, 5.41) is 1.80. The van der Waals surface area contributed by atoms with Crippen molar-refractivity contribution >= 4 is 27.3 Å². The van der Waals surface area contributed by atoms with Crippen molar-refractivity contribution in [2.75, 3.05) is 19.3 Å². The number of sulfonamides is 1. The van der Waals surface area contributed by atoms with Crippen molar-refractivity contribution in [1.29, 1.82) is 0 Å². The van der Waals surface area contributed by atoms with E-state index in [9.17, 15) is 22.0 Å². The Labute approximate surface area is 179 Å². The van der Waals surface area contributed by atoms with Crippen LogP contribution in [0.5, 0.6) is 0 Å². The molecule has 9 heteroatoms. The largest absolute Gasteiger partial charge is 0.341 e. The lowest BCUT2D eigenvalue weighted by atomic mass is 10.0. The van der Waals surface area contributed by atoms with Crippen LogP contribution in [0.25, 0.3) is 11.1 Å². The Morgan fingerprint density at radius 2 is 1.93 bits per heavy atom. The number of benzene rings is 1. The number of halogens is 2. The number of hydrogen-bond donors (Lipinski definition) is 1. The Balaban J connectivity index is 1.50. The van der Waals surface area contributed by atoms with Gasteiger partial charge in [-0.2, -0.15) is 0 Å². The molecule has 1 N–H and O–H groups in total. The van der Waals surface area contributed by atoms with E-state index < -0.39 is 21.7 Å². The topological polar surface area (TPSA) is 66.5 Å². The van der Waals surface area contributed by atoms with Gasteiger partial charge in [0.25, 0.3) is 0 Å². The molecule has 2 aliphatic rings. The third-order valence-electron chi connectivity index (χ3n) is 5.74. The van der Waals surface area contributed by atoms with E-state index in [-0.39, 0.29) is 29.3 Å². The summed E-state index contributed by atoms with van der Waals surface area (Å²) in [7, 11) is -3.34. The summed E-state index contributed by atoms with van der Waals surface area (Å²) in [6.07, 6.45) is 4.15.